The molecule has 0 unspecified atom stereocenters. The van der Waals surface area contributed by atoms with Crippen molar-refractivity contribution >= 4 is 28.6 Å². The summed E-state index contributed by atoms with van der Waals surface area (Å²) in [5, 5.41) is 0.829. The van der Waals surface area contributed by atoms with Crippen LogP contribution in [0.5, 0.6) is 5.75 Å². The van der Waals surface area contributed by atoms with Gasteiger partial charge < -0.3 is 19.0 Å². The van der Waals surface area contributed by atoms with Crippen LogP contribution < -0.4 is 4.74 Å². The monoisotopic (exact) mass is 523 g/mol. The summed E-state index contributed by atoms with van der Waals surface area (Å²) < 4.78 is 11.2. The lowest BCUT2D eigenvalue weighted by molar-refractivity contribution is 0.0541. The Morgan fingerprint density at radius 1 is 0.872 bits per heavy atom. The number of hydrogen-bond donors (Lipinski definition) is 0. The van der Waals surface area contributed by atoms with Gasteiger partial charge in [-0.2, -0.15) is 0 Å². The summed E-state index contributed by atoms with van der Waals surface area (Å²) in [5.74, 6) is 0.338. The Balaban J connectivity index is 1.13. The van der Waals surface area contributed by atoms with Gasteiger partial charge in [0.25, 0.3) is 11.8 Å². The van der Waals surface area contributed by atoms with E-state index >= 15 is 0 Å². The molecule has 0 N–H and O–H groups in total. The molecule has 8 heteroatoms. The molecule has 8 nitrogen and oxygen atoms in total. The van der Waals surface area contributed by atoms with Gasteiger partial charge in [-0.3, -0.25) is 19.4 Å². The number of nitrogens with zero attached hydrogens (tertiary/aromatic N) is 3. The minimum atomic E-state index is -0.221. The molecular weight excluding hydrogens is 494 g/mol. The second-order valence-corrected chi connectivity index (χ2v) is 10.4. The highest BCUT2D eigenvalue weighted by atomic mass is 16.5. The summed E-state index contributed by atoms with van der Waals surface area (Å²) in [4.78, 5) is 47.9. The van der Waals surface area contributed by atoms with Gasteiger partial charge in [0.1, 0.15) is 5.69 Å². The predicted molar refractivity (Wildman–Crippen MR) is 145 cm³/mol. The number of hydrogen-bond acceptors (Lipinski definition) is 6. The Hall–Kier alpha value is -4.46. The van der Waals surface area contributed by atoms with Gasteiger partial charge in [-0.1, -0.05) is 42.5 Å². The molecule has 2 fully saturated rings. The molecule has 0 saturated carbocycles. The average Bonchev–Trinajstić information content (AvgIpc) is 3.62. The smallest absolute Gasteiger partial charge is 0.289 e. The van der Waals surface area contributed by atoms with Crippen LogP contribution in [-0.2, 0) is 0 Å². The molecular formula is C31H29N3O5. The van der Waals surface area contributed by atoms with E-state index in [2.05, 4.69) is 4.98 Å². The lowest BCUT2D eigenvalue weighted by atomic mass is 9.77. The van der Waals surface area contributed by atoms with E-state index in [4.69, 9.17) is 9.15 Å². The van der Waals surface area contributed by atoms with Crippen molar-refractivity contribution in [3.8, 4) is 5.75 Å². The fourth-order valence-electron chi connectivity index (χ4n) is 5.81. The first kappa shape index (κ1) is 24.9. The quantitative estimate of drug-likeness (QED) is 0.348. The number of carbonyl (C=O) groups excluding carboxylic acids is 3. The third-order valence-electron chi connectivity index (χ3n) is 8.07. The van der Waals surface area contributed by atoms with Crippen LogP contribution in [0.3, 0.4) is 0 Å². The first-order valence-electron chi connectivity index (χ1n) is 13.2. The molecule has 4 heterocycles. The SMILES string of the molecule is COc1cccc2cc(C(=O)N3CCC4(CC3)CCN(C(=O)c3ncccc3C(=O)c3ccccc3)C4)oc12. The van der Waals surface area contributed by atoms with Crippen LogP contribution in [0.2, 0.25) is 0 Å². The number of pyridine rings is 1. The summed E-state index contributed by atoms with van der Waals surface area (Å²) >= 11 is 0. The van der Waals surface area contributed by atoms with Crippen LogP contribution >= 0.6 is 0 Å². The molecule has 2 saturated heterocycles. The van der Waals surface area contributed by atoms with Gasteiger partial charge in [-0.25, -0.2) is 0 Å². The lowest BCUT2D eigenvalue weighted by Crippen LogP contribution is -2.44. The highest BCUT2D eigenvalue weighted by Crippen LogP contribution is 2.41. The van der Waals surface area contributed by atoms with Crippen molar-refractivity contribution in [1.29, 1.82) is 0 Å². The van der Waals surface area contributed by atoms with Gasteiger partial charge in [0.15, 0.2) is 22.9 Å². The summed E-state index contributed by atoms with van der Waals surface area (Å²) in [7, 11) is 1.58. The van der Waals surface area contributed by atoms with E-state index in [-0.39, 0.29) is 28.7 Å². The van der Waals surface area contributed by atoms with E-state index in [1.54, 1.807) is 55.8 Å². The van der Waals surface area contributed by atoms with Crippen LogP contribution in [0.4, 0.5) is 0 Å². The third kappa shape index (κ3) is 4.56. The van der Waals surface area contributed by atoms with Gasteiger partial charge in [0.05, 0.1) is 12.7 Å². The second kappa shape index (κ2) is 10.0. The summed E-state index contributed by atoms with van der Waals surface area (Å²) in [6, 6.07) is 19.6. The molecule has 1 spiro atoms. The van der Waals surface area contributed by atoms with Crippen molar-refractivity contribution in [3.63, 3.8) is 0 Å². The number of piperidine rings is 1. The highest BCUT2D eigenvalue weighted by molar-refractivity contribution is 6.14. The number of amides is 2. The number of ether oxygens (including phenoxy) is 1. The number of ketones is 1. The Morgan fingerprint density at radius 2 is 1.62 bits per heavy atom. The van der Waals surface area contributed by atoms with E-state index in [9.17, 15) is 14.4 Å². The van der Waals surface area contributed by atoms with Crippen LogP contribution in [0.1, 0.15) is 56.2 Å². The van der Waals surface area contributed by atoms with E-state index in [1.807, 2.05) is 34.1 Å². The van der Waals surface area contributed by atoms with Crippen LogP contribution in [0, 0.1) is 5.41 Å². The Morgan fingerprint density at radius 3 is 2.36 bits per heavy atom. The number of carbonyl (C=O) groups is 3. The first-order valence-corrected chi connectivity index (χ1v) is 13.2. The van der Waals surface area contributed by atoms with Gasteiger partial charge in [0.2, 0.25) is 0 Å². The topological polar surface area (TPSA) is 93.0 Å². The van der Waals surface area contributed by atoms with E-state index in [0.29, 0.717) is 54.4 Å². The lowest BCUT2D eigenvalue weighted by Gasteiger charge is -2.39. The molecule has 0 bridgehead atoms. The van der Waals surface area contributed by atoms with E-state index < -0.39 is 0 Å². The zero-order valence-electron chi connectivity index (χ0n) is 21.8. The van der Waals surface area contributed by atoms with Crippen molar-refractivity contribution < 1.29 is 23.5 Å². The molecule has 2 aromatic heterocycles. The second-order valence-electron chi connectivity index (χ2n) is 10.4. The number of likely N-dealkylation sites (tertiary alicyclic amines) is 2. The molecule has 0 aliphatic carbocycles. The number of aromatic nitrogens is 1. The average molecular weight is 524 g/mol. The van der Waals surface area contributed by atoms with Crippen molar-refractivity contribution in [2.75, 3.05) is 33.3 Å². The van der Waals surface area contributed by atoms with Crippen LogP contribution in [0.15, 0.2) is 77.3 Å². The number of rotatable bonds is 5. The largest absolute Gasteiger partial charge is 0.493 e. The van der Waals surface area contributed by atoms with Crippen LogP contribution in [-0.4, -0.2) is 65.7 Å². The molecule has 6 rings (SSSR count). The van der Waals surface area contributed by atoms with Crippen molar-refractivity contribution in [2.45, 2.75) is 19.3 Å². The maximum atomic E-state index is 13.5. The minimum Gasteiger partial charge on any atom is -0.493 e. The fraction of sp³-hybridized carbons (Fsp3) is 0.290. The number of furan rings is 1. The number of benzene rings is 2. The molecule has 2 amide bonds. The number of fused-ring (bicyclic) bond motifs is 1. The molecule has 2 aliphatic heterocycles. The van der Waals surface area contributed by atoms with E-state index in [0.717, 1.165) is 24.6 Å². The molecule has 4 aromatic rings. The maximum Gasteiger partial charge on any atom is 0.289 e. The molecule has 2 aromatic carbocycles. The molecule has 0 atom stereocenters. The Kier molecular flexibility index (Phi) is 6.38. The van der Waals surface area contributed by atoms with E-state index in [1.165, 1.54) is 0 Å². The Bertz CT molecular complexity index is 1550. The minimum absolute atomic E-state index is 0.0537. The molecule has 198 valence electrons. The summed E-state index contributed by atoms with van der Waals surface area (Å²) in [6.45, 7) is 2.38. The van der Waals surface area contributed by atoms with Gasteiger partial charge in [-0.15, -0.1) is 0 Å². The normalized spacial score (nSPS) is 16.5. The molecule has 39 heavy (non-hydrogen) atoms. The summed E-state index contributed by atoms with van der Waals surface area (Å²) in [5.41, 5.74) is 1.55. The van der Waals surface area contributed by atoms with Gasteiger partial charge in [-0.05, 0) is 48.9 Å². The van der Waals surface area contributed by atoms with Gasteiger partial charge in [0, 0.05) is 43.3 Å². The third-order valence-corrected chi connectivity index (χ3v) is 8.07. The fourth-order valence-corrected chi connectivity index (χ4v) is 5.81. The zero-order chi connectivity index (χ0) is 27.0. The van der Waals surface area contributed by atoms with Gasteiger partial charge >= 0.3 is 0 Å². The highest BCUT2D eigenvalue weighted by Gasteiger charge is 2.44. The first-order chi connectivity index (χ1) is 19.0. The summed E-state index contributed by atoms with van der Waals surface area (Å²) in [6.07, 6.45) is 4.00. The maximum absolute atomic E-state index is 13.5. The van der Waals surface area contributed by atoms with Crippen molar-refractivity contribution in [2.24, 2.45) is 5.41 Å². The predicted octanol–water partition coefficient (Wildman–Crippen LogP) is 4.84. The zero-order valence-corrected chi connectivity index (χ0v) is 21.8. The number of methoxy groups -OCH3 is 1. The Labute approximate surface area is 226 Å². The van der Waals surface area contributed by atoms with Crippen molar-refractivity contribution in [1.82, 2.24) is 14.8 Å². The van der Waals surface area contributed by atoms with Crippen molar-refractivity contribution in [3.05, 3.63) is 95.5 Å². The standard InChI is InChI=1S/C31H29N3O5/c1-38-24-11-5-9-22-19-25(39-28(22)24)29(36)33-16-12-31(13-17-33)14-18-34(20-31)30(37)26-23(10-6-15-32-26)27(35)21-7-3-2-4-8-21/h2-11,15,19H,12-14,16-18,20H2,1H3. The number of para-hydroxylation sites is 1. The molecule has 0 radical (unpaired) electrons. The van der Waals surface area contributed by atoms with Crippen LogP contribution in [0.25, 0.3) is 11.0 Å². The molecule has 2 aliphatic rings.